The van der Waals surface area contributed by atoms with Gasteiger partial charge in [-0.1, -0.05) is 19.8 Å². The molecule has 2 rings (SSSR count). The molecular formula is C18H22N2O4. The van der Waals surface area contributed by atoms with Gasteiger partial charge < -0.3 is 14.8 Å². The van der Waals surface area contributed by atoms with Gasteiger partial charge in [-0.05, 0) is 43.0 Å². The molecule has 24 heavy (non-hydrogen) atoms. The maximum absolute atomic E-state index is 11.8. The molecule has 0 heterocycles. The molecule has 0 aromatic heterocycles. The van der Waals surface area contributed by atoms with Crippen molar-refractivity contribution in [3.8, 4) is 11.8 Å². The van der Waals surface area contributed by atoms with Crippen molar-refractivity contribution >= 4 is 11.9 Å². The lowest BCUT2D eigenvalue weighted by Gasteiger charge is -2.29. The summed E-state index contributed by atoms with van der Waals surface area (Å²) in [5.41, 5.74) is 0.513. The zero-order valence-electron chi connectivity index (χ0n) is 13.8. The number of nitriles is 1. The Kier molecular flexibility index (Phi) is 6.62. The second-order valence-corrected chi connectivity index (χ2v) is 6.02. The summed E-state index contributed by atoms with van der Waals surface area (Å²) in [6.07, 6.45) is 4.41. The molecule has 0 saturated heterocycles. The Bertz CT molecular complexity index is 606. The van der Waals surface area contributed by atoms with Crippen molar-refractivity contribution < 1.29 is 19.1 Å². The topological polar surface area (TPSA) is 88.4 Å². The molecule has 0 radical (unpaired) electrons. The number of hydrogen-bond donors (Lipinski definition) is 1. The Balaban J connectivity index is 1.66. The van der Waals surface area contributed by atoms with Crippen molar-refractivity contribution in [2.75, 3.05) is 13.2 Å². The zero-order valence-corrected chi connectivity index (χ0v) is 13.8. The van der Waals surface area contributed by atoms with E-state index in [-0.39, 0.29) is 25.2 Å². The molecule has 0 bridgehead atoms. The number of hydrogen-bond acceptors (Lipinski definition) is 5. The van der Waals surface area contributed by atoms with Crippen LogP contribution in [0.2, 0.25) is 0 Å². The van der Waals surface area contributed by atoms with Gasteiger partial charge in [-0.25, -0.2) is 4.79 Å². The third-order valence-corrected chi connectivity index (χ3v) is 4.16. The lowest BCUT2D eigenvalue weighted by molar-refractivity contribution is -0.150. The van der Waals surface area contributed by atoms with Crippen molar-refractivity contribution in [3.05, 3.63) is 29.8 Å². The Morgan fingerprint density at radius 3 is 2.58 bits per heavy atom. The number of esters is 1. The van der Waals surface area contributed by atoms with Gasteiger partial charge in [0.25, 0.3) is 5.91 Å². The number of amides is 1. The molecule has 0 spiro atoms. The molecule has 1 fully saturated rings. The molecule has 6 nitrogen and oxygen atoms in total. The van der Waals surface area contributed by atoms with Crippen LogP contribution >= 0.6 is 0 Å². The number of nitrogens with zero attached hydrogens (tertiary/aromatic N) is 1. The van der Waals surface area contributed by atoms with Crippen LogP contribution in [-0.4, -0.2) is 31.1 Å². The Morgan fingerprint density at radius 2 is 1.92 bits per heavy atom. The van der Waals surface area contributed by atoms with Crippen LogP contribution in [0.4, 0.5) is 0 Å². The second-order valence-electron chi connectivity index (χ2n) is 6.02. The third kappa shape index (κ3) is 5.58. The number of carbonyl (C=O) groups is 2. The molecule has 1 amide bonds. The van der Waals surface area contributed by atoms with Crippen molar-refractivity contribution in [1.82, 2.24) is 5.32 Å². The van der Waals surface area contributed by atoms with Crippen LogP contribution < -0.4 is 10.1 Å². The Labute approximate surface area is 141 Å². The van der Waals surface area contributed by atoms with Crippen molar-refractivity contribution in [2.24, 2.45) is 5.92 Å². The predicted octanol–water partition coefficient (Wildman–Crippen LogP) is 2.18. The monoisotopic (exact) mass is 330 g/mol. The number of benzene rings is 1. The average molecular weight is 330 g/mol. The quantitative estimate of drug-likeness (QED) is 0.808. The van der Waals surface area contributed by atoms with Crippen LogP contribution in [0.1, 0.15) is 38.2 Å². The summed E-state index contributed by atoms with van der Waals surface area (Å²) in [4.78, 5) is 23.5. The lowest BCUT2D eigenvalue weighted by atomic mass is 9.86. The molecule has 128 valence electrons. The van der Waals surface area contributed by atoms with E-state index in [4.69, 9.17) is 14.7 Å². The normalized spacial score (nSPS) is 19.8. The van der Waals surface area contributed by atoms with Gasteiger partial charge in [0.05, 0.1) is 11.6 Å². The number of carbonyl (C=O) groups excluding carboxylic acids is 2. The minimum Gasteiger partial charge on any atom is -0.482 e. The van der Waals surface area contributed by atoms with Gasteiger partial charge in [-0.3, -0.25) is 4.79 Å². The zero-order chi connectivity index (χ0) is 17.4. The van der Waals surface area contributed by atoms with Gasteiger partial charge in [0.15, 0.2) is 13.2 Å². The van der Waals surface area contributed by atoms with Gasteiger partial charge in [0.1, 0.15) is 5.75 Å². The standard InChI is InChI=1S/C18H22N2O4/c1-13-4-2-3-5-16(13)20-17(21)11-24-18(22)12-23-15-8-6-14(10-19)7-9-15/h6-9,13,16H,2-5,11-12H2,1H3,(H,20,21)/t13-,16+/m0/s1. The lowest BCUT2D eigenvalue weighted by Crippen LogP contribution is -2.43. The van der Waals surface area contributed by atoms with Crippen molar-refractivity contribution in [1.29, 1.82) is 5.26 Å². The van der Waals surface area contributed by atoms with E-state index in [1.807, 2.05) is 6.07 Å². The molecule has 6 heteroatoms. The first-order valence-electron chi connectivity index (χ1n) is 8.16. The SMILES string of the molecule is C[C@H]1CCCC[C@H]1NC(=O)COC(=O)COc1ccc(C#N)cc1. The summed E-state index contributed by atoms with van der Waals surface area (Å²) in [6.45, 7) is 1.55. The first-order chi connectivity index (χ1) is 11.6. The van der Waals surface area contributed by atoms with E-state index < -0.39 is 5.97 Å². The minimum absolute atomic E-state index is 0.167. The fraction of sp³-hybridized carbons (Fsp3) is 0.500. The van der Waals surface area contributed by atoms with Gasteiger partial charge in [-0.15, -0.1) is 0 Å². The van der Waals surface area contributed by atoms with E-state index in [2.05, 4.69) is 12.2 Å². The van der Waals surface area contributed by atoms with Crippen LogP contribution in [-0.2, 0) is 14.3 Å². The summed E-state index contributed by atoms with van der Waals surface area (Å²) in [6, 6.07) is 8.56. The van der Waals surface area contributed by atoms with E-state index >= 15 is 0 Å². The molecule has 1 aliphatic carbocycles. The number of ether oxygens (including phenoxy) is 2. The highest BCUT2D eigenvalue weighted by Gasteiger charge is 2.23. The van der Waals surface area contributed by atoms with Gasteiger partial charge in [-0.2, -0.15) is 5.26 Å². The maximum atomic E-state index is 11.8. The summed E-state index contributed by atoms with van der Waals surface area (Å²) in [7, 11) is 0. The summed E-state index contributed by atoms with van der Waals surface area (Å²) in [5, 5.41) is 11.6. The van der Waals surface area contributed by atoms with Crippen LogP contribution in [0.25, 0.3) is 0 Å². The highest BCUT2D eigenvalue weighted by molar-refractivity contribution is 5.81. The molecule has 1 N–H and O–H groups in total. The average Bonchev–Trinajstić information content (AvgIpc) is 2.60. The van der Waals surface area contributed by atoms with Crippen LogP contribution in [0.3, 0.4) is 0 Å². The van der Waals surface area contributed by atoms with E-state index in [9.17, 15) is 9.59 Å². The summed E-state index contributed by atoms with van der Waals surface area (Å²) >= 11 is 0. The molecule has 1 saturated carbocycles. The molecule has 2 atom stereocenters. The molecule has 0 unspecified atom stereocenters. The van der Waals surface area contributed by atoms with Crippen molar-refractivity contribution in [2.45, 2.75) is 38.6 Å². The molecule has 1 aromatic rings. The first-order valence-corrected chi connectivity index (χ1v) is 8.16. The first kappa shape index (κ1) is 17.8. The largest absolute Gasteiger partial charge is 0.482 e. The highest BCUT2D eigenvalue weighted by Crippen LogP contribution is 2.23. The summed E-state index contributed by atoms with van der Waals surface area (Å²) < 4.78 is 10.2. The predicted molar refractivity (Wildman–Crippen MR) is 87.2 cm³/mol. The fourth-order valence-electron chi connectivity index (χ4n) is 2.73. The smallest absolute Gasteiger partial charge is 0.344 e. The Hall–Kier alpha value is -2.55. The maximum Gasteiger partial charge on any atom is 0.344 e. The molecule has 1 aliphatic rings. The Morgan fingerprint density at radius 1 is 1.21 bits per heavy atom. The fourth-order valence-corrected chi connectivity index (χ4v) is 2.73. The van der Waals surface area contributed by atoms with E-state index in [0.717, 1.165) is 19.3 Å². The van der Waals surface area contributed by atoms with Crippen molar-refractivity contribution in [3.63, 3.8) is 0 Å². The summed E-state index contributed by atoms with van der Waals surface area (Å²) in [5.74, 6) is 0.0382. The second kappa shape index (κ2) is 8.92. The van der Waals surface area contributed by atoms with Gasteiger partial charge >= 0.3 is 5.97 Å². The van der Waals surface area contributed by atoms with Crippen LogP contribution in [0.5, 0.6) is 5.75 Å². The number of nitrogens with one attached hydrogen (secondary N) is 1. The van der Waals surface area contributed by atoms with E-state index in [0.29, 0.717) is 17.2 Å². The number of rotatable bonds is 6. The van der Waals surface area contributed by atoms with Gasteiger partial charge in [0.2, 0.25) is 0 Å². The van der Waals surface area contributed by atoms with Crippen LogP contribution in [0.15, 0.2) is 24.3 Å². The highest BCUT2D eigenvalue weighted by atomic mass is 16.6. The third-order valence-electron chi connectivity index (χ3n) is 4.16. The van der Waals surface area contributed by atoms with E-state index in [1.165, 1.54) is 6.42 Å². The minimum atomic E-state index is -0.605. The van der Waals surface area contributed by atoms with E-state index in [1.54, 1.807) is 24.3 Å². The molecular weight excluding hydrogens is 308 g/mol. The molecule has 0 aliphatic heterocycles. The van der Waals surface area contributed by atoms with Crippen LogP contribution in [0, 0.1) is 17.2 Å². The van der Waals surface area contributed by atoms with Gasteiger partial charge in [0, 0.05) is 6.04 Å². The molecule has 1 aromatic carbocycles.